The van der Waals surface area contributed by atoms with E-state index in [1.165, 1.54) is 11.3 Å². The second kappa shape index (κ2) is 7.81. The van der Waals surface area contributed by atoms with Gasteiger partial charge in [-0.05, 0) is 42.8 Å². The van der Waals surface area contributed by atoms with E-state index < -0.39 is 0 Å². The third kappa shape index (κ3) is 3.51. The molecule has 0 aliphatic heterocycles. The van der Waals surface area contributed by atoms with Crippen LogP contribution < -0.4 is 10.6 Å². The second-order valence-electron chi connectivity index (χ2n) is 6.60. The molecule has 0 saturated heterocycles. The number of hydrogen-bond acceptors (Lipinski definition) is 6. The first-order valence-electron chi connectivity index (χ1n) is 9.47. The largest absolute Gasteiger partial charge is 0.338 e. The lowest BCUT2D eigenvalue weighted by atomic mass is 10.0. The zero-order valence-corrected chi connectivity index (χ0v) is 17.7. The minimum atomic E-state index is -0.259. The fourth-order valence-electron chi connectivity index (χ4n) is 3.23. The number of rotatable bonds is 4. The number of urea groups is 1. The van der Waals surface area contributed by atoms with Crippen molar-refractivity contribution in [3.05, 3.63) is 60.9 Å². The minimum Gasteiger partial charge on any atom is -0.338 e. The van der Waals surface area contributed by atoms with Gasteiger partial charge in [-0.15, -0.1) is 11.3 Å². The van der Waals surface area contributed by atoms with Gasteiger partial charge in [0.05, 0.1) is 20.4 Å². The van der Waals surface area contributed by atoms with Crippen LogP contribution in [0.4, 0.5) is 9.93 Å². The summed E-state index contributed by atoms with van der Waals surface area (Å²) in [4.78, 5) is 25.7. The number of para-hydroxylation sites is 1. The van der Waals surface area contributed by atoms with Crippen LogP contribution in [-0.4, -0.2) is 27.5 Å². The number of benzene rings is 2. The number of fused-ring (bicyclic) bond motifs is 2. The molecule has 5 aromatic rings. The zero-order valence-electron chi connectivity index (χ0n) is 16.0. The summed E-state index contributed by atoms with van der Waals surface area (Å²) < 4.78 is 2.13. The van der Waals surface area contributed by atoms with Crippen molar-refractivity contribution >= 4 is 54.3 Å². The van der Waals surface area contributed by atoms with E-state index in [2.05, 4.69) is 32.7 Å². The Labute approximate surface area is 180 Å². The summed E-state index contributed by atoms with van der Waals surface area (Å²) >= 11 is 3.11. The van der Waals surface area contributed by atoms with Gasteiger partial charge in [-0.1, -0.05) is 29.5 Å². The lowest BCUT2D eigenvalue weighted by molar-refractivity contribution is 0.252. The Hall–Kier alpha value is -3.36. The molecule has 2 N–H and O–H groups in total. The van der Waals surface area contributed by atoms with Gasteiger partial charge in [-0.3, -0.25) is 10.3 Å². The number of aromatic nitrogens is 3. The molecule has 0 unspecified atom stereocenters. The quantitative estimate of drug-likeness (QED) is 0.378. The number of thiazole rings is 2. The average molecular weight is 432 g/mol. The first kappa shape index (κ1) is 18.7. The molecule has 2 aromatic carbocycles. The monoisotopic (exact) mass is 431 g/mol. The molecular formula is C22H17N5OS2. The molecule has 3 heterocycles. The highest BCUT2D eigenvalue weighted by atomic mass is 32.1. The van der Waals surface area contributed by atoms with Crippen LogP contribution in [0.3, 0.4) is 0 Å². The van der Waals surface area contributed by atoms with E-state index in [1.54, 1.807) is 17.5 Å². The van der Waals surface area contributed by atoms with Crippen molar-refractivity contribution in [3.8, 4) is 21.7 Å². The maximum Gasteiger partial charge on any atom is 0.321 e. The van der Waals surface area contributed by atoms with Gasteiger partial charge in [0.15, 0.2) is 5.13 Å². The number of pyridine rings is 1. The number of hydrogen-bond donors (Lipinski definition) is 2. The van der Waals surface area contributed by atoms with Crippen molar-refractivity contribution in [2.45, 2.75) is 6.92 Å². The van der Waals surface area contributed by atoms with E-state index in [9.17, 15) is 4.79 Å². The number of nitrogens with one attached hydrogen (secondary N) is 2. The predicted octanol–water partition coefficient (Wildman–Crippen LogP) is 5.78. The van der Waals surface area contributed by atoms with Crippen LogP contribution in [0.15, 0.2) is 60.9 Å². The summed E-state index contributed by atoms with van der Waals surface area (Å²) in [5.41, 5.74) is 4.83. The summed E-state index contributed by atoms with van der Waals surface area (Å²) in [6.07, 6.45) is 3.59. The van der Waals surface area contributed by atoms with Crippen molar-refractivity contribution < 1.29 is 4.79 Å². The van der Waals surface area contributed by atoms with Crippen molar-refractivity contribution in [2.75, 3.05) is 11.9 Å². The zero-order chi connectivity index (χ0) is 20.5. The normalized spacial score (nSPS) is 11.1. The molecule has 6 nitrogen and oxygen atoms in total. The molecule has 0 bridgehead atoms. The van der Waals surface area contributed by atoms with Gasteiger partial charge in [0.1, 0.15) is 5.01 Å². The molecule has 5 rings (SSSR count). The van der Waals surface area contributed by atoms with Crippen molar-refractivity contribution in [1.82, 2.24) is 20.3 Å². The molecule has 0 aliphatic carbocycles. The highest BCUT2D eigenvalue weighted by Crippen LogP contribution is 2.41. The van der Waals surface area contributed by atoms with Crippen LogP contribution >= 0.6 is 22.7 Å². The Morgan fingerprint density at radius 3 is 2.70 bits per heavy atom. The molecule has 3 aromatic heterocycles. The number of anilines is 1. The Bertz CT molecular complexity index is 1330. The van der Waals surface area contributed by atoms with Crippen molar-refractivity contribution in [2.24, 2.45) is 0 Å². The highest BCUT2D eigenvalue weighted by Gasteiger charge is 2.17. The van der Waals surface area contributed by atoms with Crippen molar-refractivity contribution in [1.29, 1.82) is 0 Å². The van der Waals surface area contributed by atoms with E-state index in [1.807, 2.05) is 49.5 Å². The maximum absolute atomic E-state index is 12.0. The molecule has 0 saturated carbocycles. The lowest BCUT2D eigenvalue weighted by Gasteiger charge is -2.05. The molecule has 0 aliphatic rings. The van der Waals surface area contributed by atoms with Gasteiger partial charge in [-0.2, -0.15) is 0 Å². The summed E-state index contributed by atoms with van der Waals surface area (Å²) in [5, 5.41) is 7.05. The Morgan fingerprint density at radius 1 is 1.00 bits per heavy atom. The maximum atomic E-state index is 12.0. The van der Waals surface area contributed by atoms with E-state index in [4.69, 9.17) is 4.98 Å². The number of carbonyl (C=O) groups excluding carboxylic acids is 1. The third-order valence-corrected chi connectivity index (χ3v) is 6.66. The van der Waals surface area contributed by atoms with Gasteiger partial charge in [0.25, 0.3) is 0 Å². The Kier molecular flexibility index (Phi) is 4.86. The summed E-state index contributed by atoms with van der Waals surface area (Å²) in [6, 6.07) is 16.0. The van der Waals surface area contributed by atoms with E-state index >= 15 is 0 Å². The van der Waals surface area contributed by atoms with Gasteiger partial charge in [0.2, 0.25) is 0 Å². The number of carbonyl (C=O) groups is 1. The molecule has 2 amide bonds. The molecule has 0 fully saturated rings. The van der Waals surface area contributed by atoms with Crippen LogP contribution in [0.1, 0.15) is 6.92 Å². The summed E-state index contributed by atoms with van der Waals surface area (Å²) in [7, 11) is 0. The van der Waals surface area contributed by atoms with E-state index in [0.717, 1.165) is 42.1 Å². The highest BCUT2D eigenvalue weighted by molar-refractivity contribution is 7.24. The molecule has 30 heavy (non-hydrogen) atoms. The predicted molar refractivity (Wildman–Crippen MR) is 124 cm³/mol. The Morgan fingerprint density at radius 2 is 1.90 bits per heavy atom. The van der Waals surface area contributed by atoms with Crippen molar-refractivity contribution in [3.63, 3.8) is 0 Å². The summed E-state index contributed by atoms with van der Waals surface area (Å²) in [6.45, 7) is 2.43. The molecule has 0 radical (unpaired) electrons. The van der Waals surface area contributed by atoms with Crippen LogP contribution in [0, 0.1) is 0 Å². The van der Waals surface area contributed by atoms with Crippen LogP contribution in [0.2, 0.25) is 0 Å². The van der Waals surface area contributed by atoms with Crippen LogP contribution in [-0.2, 0) is 0 Å². The summed E-state index contributed by atoms with van der Waals surface area (Å²) in [5.74, 6) is 0. The first-order valence-corrected chi connectivity index (χ1v) is 11.1. The van der Waals surface area contributed by atoms with Crippen LogP contribution in [0.25, 0.3) is 42.1 Å². The fraction of sp³-hybridized carbons (Fsp3) is 0.0909. The van der Waals surface area contributed by atoms with Gasteiger partial charge in [-0.25, -0.2) is 14.8 Å². The van der Waals surface area contributed by atoms with E-state index in [0.29, 0.717) is 11.7 Å². The number of nitrogens with zero attached hydrogens (tertiary/aromatic N) is 3. The smallest absolute Gasteiger partial charge is 0.321 e. The van der Waals surface area contributed by atoms with Gasteiger partial charge < -0.3 is 5.32 Å². The topological polar surface area (TPSA) is 79.8 Å². The molecule has 0 spiro atoms. The molecule has 8 heteroatoms. The molecular weight excluding hydrogens is 414 g/mol. The average Bonchev–Trinajstić information content (AvgIpc) is 3.37. The first-order chi connectivity index (χ1) is 14.7. The van der Waals surface area contributed by atoms with Gasteiger partial charge >= 0.3 is 6.03 Å². The molecule has 148 valence electrons. The lowest BCUT2D eigenvalue weighted by Crippen LogP contribution is -2.28. The Balaban J connectivity index is 1.69. The molecule has 0 atom stereocenters. The second-order valence-corrected chi connectivity index (χ2v) is 8.63. The SMILES string of the molecule is CCNC(=O)Nc1nc2cc(-c3cccnc3)cc(-c3nc4ccccc4s3)c2s1. The standard InChI is InChI=1S/C22H17N5OS2/c1-2-24-21(28)27-22-26-17-11-14(13-6-5-9-23-12-13)10-15(19(17)30-22)20-25-16-7-3-4-8-18(16)29-20/h3-12H,2H2,1H3,(H2,24,26,27,28). The fourth-order valence-corrected chi connectivity index (χ4v) is 5.24. The third-order valence-electron chi connectivity index (χ3n) is 4.57. The van der Waals surface area contributed by atoms with E-state index in [-0.39, 0.29) is 6.03 Å². The minimum absolute atomic E-state index is 0.259. The number of amides is 2. The van der Waals surface area contributed by atoms with Crippen LogP contribution in [0.5, 0.6) is 0 Å². The van der Waals surface area contributed by atoms with Gasteiger partial charge in [0, 0.05) is 30.1 Å².